The summed E-state index contributed by atoms with van der Waals surface area (Å²) in [5.41, 5.74) is 2.90. The van der Waals surface area contributed by atoms with Crippen molar-refractivity contribution in [1.82, 2.24) is 4.98 Å². The highest BCUT2D eigenvalue weighted by atomic mass is 35.5. The predicted octanol–water partition coefficient (Wildman–Crippen LogP) is 6.18. The first-order valence-corrected chi connectivity index (χ1v) is 8.12. The van der Waals surface area contributed by atoms with Crippen LogP contribution in [0, 0.1) is 11.6 Å². The summed E-state index contributed by atoms with van der Waals surface area (Å²) < 4.78 is 32.3. The third-order valence-corrected chi connectivity index (χ3v) is 4.09. The second kappa shape index (κ2) is 6.69. The lowest BCUT2D eigenvalue weighted by molar-refractivity contribution is 0.508. The fourth-order valence-electron chi connectivity index (χ4n) is 2.49. The molecule has 0 saturated heterocycles. The number of fused-ring (bicyclic) bond motifs is 1. The molecule has 1 heterocycles. The van der Waals surface area contributed by atoms with Crippen LogP contribution in [0.25, 0.3) is 22.6 Å². The van der Waals surface area contributed by atoms with Crippen LogP contribution in [0.3, 0.4) is 0 Å². The van der Waals surface area contributed by atoms with E-state index >= 15 is 0 Å². The molecule has 4 rings (SSSR count). The maximum atomic E-state index is 13.5. The molecule has 0 bridgehead atoms. The number of halogens is 3. The Morgan fingerprint density at radius 1 is 0.962 bits per heavy atom. The van der Waals surface area contributed by atoms with Gasteiger partial charge in [0.05, 0.1) is 16.3 Å². The van der Waals surface area contributed by atoms with Gasteiger partial charge in [0.2, 0.25) is 5.89 Å². The predicted molar refractivity (Wildman–Crippen MR) is 98.1 cm³/mol. The molecule has 26 heavy (non-hydrogen) atoms. The minimum Gasteiger partial charge on any atom is -0.436 e. The van der Waals surface area contributed by atoms with Gasteiger partial charge in [-0.25, -0.2) is 13.8 Å². The van der Waals surface area contributed by atoms with Crippen LogP contribution in [0.1, 0.15) is 5.56 Å². The van der Waals surface area contributed by atoms with Crippen molar-refractivity contribution >= 4 is 34.6 Å². The zero-order chi connectivity index (χ0) is 18.1. The Morgan fingerprint density at radius 3 is 2.54 bits per heavy atom. The molecule has 3 aromatic carbocycles. The molecule has 0 aliphatic carbocycles. The maximum Gasteiger partial charge on any atom is 0.228 e. The number of oxazole rings is 1. The summed E-state index contributed by atoms with van der Waals surface area (Å²) in [7, 11) is 0. The van der Waals surface area contributed by atoms with E-state index in [9.17, 15) is 8.78 Å². The molecule has 0 saturated carbocycles. The van der Waals surface area contributed by atoms with E-state index < -0.39 is 11.6 Å². The van der Waals surface area contributed by atoms with E-state index in [1.807, 2.05) is 30.3 Å². The van der Waals surface area contributed by atoms with Gasteiger partial charge in [0, 0.05) is 6.21 Å². The van der Waals surface area contributed by atoms with Gasteiger partial charge in [0.15, 0.2) is 17.2 Å². The van der Waals surface area contributed by atoms with Crippen molar-refractivity contribution in [3.05, 3.63) is 82.9 Å². The summed E-state index contributed by atoms with van der Waals surface area (Å²) in [4.78, 5) is 8.73. The van der Waals surface area contributed by atoms with Gasteiger partial charge in [0.1, 0.15) is 5.52 Å². The molecular weight excluding hydrogens is 358 g/mol. The minimum atomic E-state index is -1.02. The quantitative estimate of drug-likeness (QED) is 0.320. The number of hydrogen-bond donors (Lipinski definition) is 0. The van der Waals surface area contributed by atoms with Gasteiger partial charge in [-0.1, -0.05) is 41.9 Å². The van der Waals surface area contributed by atoms with E-state index in [1.54, 1.807) is 24.4 Å². The Morgan fingerprint density at radius 2 is 1.73 bits per heavy atom. The van der Waals surface area contributed by atoms with E-state index in [4.69, 9.17) is 16.0 Å². The summed E-state index contributed by atoms with van der Waals surface area (Å²) in [6.07, 6.45) is 1.74. The second-order valence-electron chi connectivity index (χ2n) is 5.59. The first kappa shape index (κ1) is 16.4. The summed E-state index contributed by atoms with van der Waals surface area (Å²) >= 11 is 5.98. The van der Waals surface area contributed by atoms with Crippen molar-refractivity contribution < 1.29 is 13.2 Å². The highest BCUT2D eigenvalue weighted by Crippen LogP contribution is 2.32. The highest BCUT2D eigenvalue weighted by molar-refractivity contribution is 6.33. The van der Waals surface area contributed by atoms with Gasteiger partial charge in [-0.15, -0.1) is 0 Å². The number of rotatable bonds is 3. The van der Waals surface area contributed by atoms with Crippen molar-refractivity contribution in [2.24, 2.45) is 4.99 Å². The lowest BCUT2D eigenvalue weighted by atomic mass is 10.2. The smallest absolute Gasteiger partial charge is 0.228 e. The lowest BCUT2D eigenvalue weighted by Gasteiger charge is -2.00. The van der Waals surface area contributed by atoms with Crippen molar-refractivity contribution in [2.45, 2.75) is 0 Å². The lowest BCUT2D eigenvalue weighted by Crippen LogP contribution is -1.87. The van der Waals surface area contributed by atoms with Crippen LogP contribution in [0.4, 0.5) is 14.5 Å². The minimum absolute atomic E-state index is 0.0257. The standard InChI is InChI=1S/C20H11ClF2N2O/c21-15-10-17(23)16(22)9-14(15)20-25-18-8-13(6-7-19(18)26-20)24-11-12-4-2-1-3-5-12/h1-11H. The van der Waals surface area contributed by atoms with E-state index in [1.165, 1.54) is 0 Å². The largest absolute Gasteiger partial charge is 0.436 e. The molecule has 0 spiro atoms. The number of nitrogens with zero attached hydrogens (tertiary/aromatic N) is 2. The summed E-state index contributed by atoms with van der Waals surface area (Å²) in [6, 6.07) is 16.8. The molecule has 0 N–H and O–H groups in total. The maximum absolute atomic E-state index is 13.5. The zero-order valence-corrected chi connectivity index (χ0v) is 14.0. The number of aliphatic imine (C=N–C) groups is 1. The van der Waals surface area contributed by atoms with E-state index in [0.717, 1.165) is 17.7 Å². The molecular formula is C20H11ClF2N2O. The molecule has 0 radical (unpaired) electrons. The van der Waals surface area contributed by atoms with Gasteiger partial charge in [0.25, 0.3) is 0 Å². The Hall–Kier alpha value is -3.05. The molecule has 0 amide bonds. The van der Waals surface area contributed by atoms with Crippen molar-refractivity contribution in [2.75, 3.05) is 0 Å². The number of hydrogen-bond acceptors (Lipinski definition) is 3. The Bertz CT molecular complexity index is 1120. The molecule has 3 nitrogen and oxygen atoms in total. The molecule has 0 aliphatic heterocycles. The van der Waals surface area contributed by atoms with Gasteiger partial charge >= 0.3 is 0 Å². The molecule has 0 aliphatic rings. The molecule has 1 aromatic heterocycles. The highest BCUT2D eigenvalue weighted by Gasteiger charge is 2.15. The van der Waals surface area contributed by atoms with Gasteiger partial charge in [-0.05, 0) is 35.9 Å². The Balaban J connectivity index is 1.70. The summed E-state index contributed by atoms with van der Waals surface area (Å²) in [5, 5.41) is 0.0257. The van der Waals surface area contributed by atoms with Crippen LogP contribution >= 0.6 is 11.6 Å². The molecule has 0 fully saturated rings. The monoisotopic (exact) mass is 368 g/mol. The second-order valence-corrected chi connectivity index (χ2v) is 5.99. The molecule has 6 heteroatoms. The fourth-order valence-corrected chi connectivity index (χ4v) is 2.72. The van der Waals surface area contributed by atoms with Gasteiger partial charge < -0.3 is 4.42 Å². The van der Waals surface area contributed by atoms with Gasteiger partial charge in [-0.3, -0.25) is 4.99 Å². The zero-order valence-electron chi connectivity index (χ0n) is 13.3. The topological polar surface area (TPSA) is 38.4 Å². The van der Waals surface area contributed by atoms with Crippen LogP contribution in [0.15, 0.2) is 70.1 Å². The van der Waals surface area contributed by atoms with E-state index in [2.05, 4.69) is 9.98 Å². The molecule has 0 unspecified atom stereocenters. The Labute approximate surface area is 152 Å². The van der Waals surface area contributed by atoms with E-state index in [0.29, 0.717) is 16.8 Å². The third-order valence-electron chi connectivity index (χ3n) is 3.77. The van der Waals surface area contributed by atoms with Gasteiger partial charge in [-0.2, -0.15) is 0 Å². The molecule has 0 atom stereocenters. The summed E-state index contributed by atoms with van der Waals surface area (Å²) in [6.45, 7) is 0. The van der Waals surface area contributed by atoms with Crippen molar-refractivity contribution in [1.29, 1.82) is 0 Å². The number of benzene rings is 3. The Kier molecular flexibility index (Phi) is 4.22. The molecule has 4 aromatic rings. The fraction of sp³-hybridized carbons (Fsp3) is 0. The molecule has 128 valence electrons. The van der Waals surface area contributed by atoms with E-state index in [-0.39, 0.29) is 16.5 Å². The average Bonchev–Trinajstić information content (AvgIpc) is 3.07. The SMILES string of the molecule is Fc1cc(Cl)c(-c2nc3cc(N=Cc4ccccc4)ccc3o2)cc1F. The van der Waals surface area contributed by atoms with Crippen molar-refractivity contribution in [3.8, 4) is 11.5 Å². The third kappa shape index (κ3) is 3.21. The van der Waals surface area contributed by atoms with Crippen LogP contribution in [-0.4, -0.2) is 11.2 Å². The van der Waals surface area contributed by atoms with Crippen molar-refractivity contribution in [3.63, 3.8) is 0 Å². The average molecular weight is 369 g/mol. The van der Waals surface area contributed by atoms with Crippen LogP contribution < -0.4 is 0 Å². The number of aromatic nitrogens is 1. The summed E-state index contributed by atoms with van der Waals surface area (Å²) in [5.74, 6) is -1.92. The van der Waals surface area contributed by atoms with Crippen LogP contribution in [-0.2, 0) is 0 Å². The van der Waals surface area contributed by atoms with Crippen LogP contribution in [0.2, 0.25) is 5.02 Å². The normalized spacial score (nSPS) is 11.5. The van der Waals surface area contributed by atoms with Crippen LogP contribution in [0.5, 0.6) is 0 Å². The first-order valence-electron chi connectivity index (χ1n) is 7.75. The first-order chi connectivity index (χ1) is 12.6.